The Morgan fingerprint density at radius 2 is 1.96 bits per heavy atom. The van der Waals surface area contributed by atoms with Gasteiger partial charge >= 0.3 is 0 Å². The molecule has 4 rings (SSSR count). The highest BCUT2D eigenvalue weighted by Gasteiger charge is 2.09. The van der Waals surface area contributed by atoms with Crippen molar-refractivity contribution >= 4 is 17.0 Å². The quantitative estimate of drug-likeness (QED) is 0.481. The number of nitrogens with zero attached hydrogens (tertiary/aromatic N) is 2. The summed E-state index contributed by atoms with van der Waals surface area (Å²) in [7, 11) is 0. The van der Waals surface area contributed by atoms with Crippen LogP contribution in [0, 0.1) is 5.82 Å². The highest BCUT2D eigenvalue weighted by molar-refractivity contribution is 7.13. The van der Waals surface area contributed by atoms with Crippen molar-refractivity contribution in [3.05, 3.63) is 83.3 Å². The lowest BCUT2D eigenvalue weighted by Crippen LogP contribution is -2.00. The molecule has 0 atom stereocenters. The molecule has 2 aromatic heterocycles. The highest BCUT2D eigenvalue weighted by atomic mass is 32.1. The van der Waals surface area contributed by atoms with Crippen molar-refractivity contribution in [3.8, 4) is 16.5 Å². The van der Waals surface area contributed by atoms with Crippen molar-refractivity contribution in [2.75, 3.05) is 5.32 Å². The molecule has 0 aliphatic rings. The van der Waals surface area contributed by atoms with Gasteiger partial charge in [0.25, 0.3) is 0 Å². The van der Waals surface area contributed by atoms with Crippen LogP contribution in [-0.4, -0.2) is 10.1 Å². The maximum absolute atomic E-state index is 12.9. The van der Waals surface area contributed by atoms with Crippen molar-refractivity contribution in [3.63, 3.8) is 0 Å². The fourth-order valence-corrected chi connectivity index (χ4v) is 3.10. The average molecular weight is 381 g/mol. The lowest BCUT2D eigenvalue weighted by atomic mass is 10.2. The first-order valence-electron chi connectivity index (χ1n) is 8.34. The van der Waals surface area contributed by atoms with Gasteiger partial charge in [-0.2, -0.15) is 4.98 Å². The van der Waals surface area contributed by atoms with Crippen LogP contribution in [0.15, 0.2) is 70.6 Å². The Balaban J connectivity index is 1.34. The summed E-state index contributed by atoms with van der Waals surface area (Å²) in [6.07, 6.45) is 0. The zero-order valence-electron chi connectivity index (χ0n) is 14.3. The van der Waals surface area contributed by atoms with E-state index in [0.717, 1.165) is 16.1 Å². The Bertz CT molecular complexity index is 1000. The molecule has 0 fully saturated rings. The van der Waals surface area contributed by atoms with Crippen molar-refractivity contribution in [2.24, 2.45) is 0 Å². The van der Waals surface area contributed by atoms with E-state index in [1.807, 2.05) is 41.8 Å². The molecule has 0 radical (unpaired) electrons. The minimum Gasteiger partial charge on any atom is -0.489 e. The molecule has 1 N–H and O–H groups in total. The second-order valence-corrected chi connectivity index (χ2v) is 6.73. The molecule has 0 amide bonds. The number of thiophene rings is 1. The summed E-state index contributed by atoms with van der Waals surface area (Å²) < 4.78 is 24.0. The van der Waals surface area contributed by atoms with Crippen LogP contribution in [0.2, 0.25) is 0 Å². The first-order chi connectivity index (χ1) is 13.3. The molecule has 0 saturated heterocycles. The zero-order chi connectivity index (χ0) is 18.5. The van der Waals surface area contributed by atoms with Gasteiger partial charge in [0.05, 0.1) is 11.4 Å². The SMILES string of the molecule is Fc1ccc(COc2cccc(NCc3nc(-c4cccs4)no3)c2)cc1. The number of ether oxygens (including phenoxy) is 1. The predicted molar refractivity (Wildman–Crippen MR) is 102 cm³/mol. The lowest BCUT2D eigenvalue weighted by molar-refractivity contribution is 0.306. The number of halogens is 1. The van der Waals surface area contributed by atoms with E-state index in [-0.39, 0.29) is 5.82 Å². The Hall–Kier alpha value is -3.19. The van der Waals surface area contributed by atoms with Crippen LogP contribution in [0.4, 0.5) is 10.1 Å². The van der Waals surface area contributed by atoms with Gasteiger partial charge in [0, 0.05) is 11.8 Å². The van der Waals surface area contributed by atoms with Gasteiger partial charge in [-0.25, -0.2) is 4.39 Å². The van der Waals surface area contributed by atoms with E-state index in [1.165, 1.54) is 12.1 Å². The highest BCUT2D eigenvalue weighted by Crippen LogP contribution is 2.22. The maximum atomic E-state index is 12.9. The molecule has 0 saturated carbocycles. The number of hydrogen-bond acceptors (Lipinski definition) is 6. The molecular formula is C20H16FN3O2S. The van der Waals surface area contributed by atoms with E-state index in [4.69, 9.17) is 9.26 Å². The molecule has 0 spiro atoms. The van der Waals surface area contributed by atoms with Gasteiger partial charge in [-0.1, -0.05) is 29.4 Å². The zero-order valence-corrected chi connectivity index (χ0v) is 15.1. The van der Waals surface area contributed by atoms with Crippen LogP contribution >= 0.6 is 11.3 Å². The molecule has 2 heterocycles. The van der Waals surface area contributed by atoms with Crippen LogP contribution in [0.5, 0.6) is 5.75 Å². The third-order valence-corrected chi connectivity index (χ3v) is 4.67. The minimum atomic E-state index is -0.256. The van der Waals surface area contributed by atoms with Gasteiger partial charge in [-0.05, 0) is 41.3 Å². The third-order valence-electron chi connectivity index (χ3n) is 3.81. The maximum Gasteiger partial charge on any atom is 0.246 e. The number of hydrogen-bond donors (Lipinski definition) is 1. The van der Waals surface area contributed by atoms with Gasteiger partial charge in [-0.15, -0.1) is 11.3 Å². The molecule has 27 heavy (non-hydrogen) atoms. The molecule has 136 valence electrons. The molecule has 7 heteroatoms. The van der Waals surface area contributed by atoms with Crippen molar-refractivity contribution in [1.82, 2.24) is 10.1 Å². The Labute approximate surface area is 159 Å². The first-order valence-corrected chi connectivity index (χ1v) is 9.22. The van der Waals surface area contributed by atoms with E-state index in [1.54, 1.807) is 23.5 Å². The molecule has 0 unspecified atom stereocenters. The first kappa shape index (κ1) is 17.2. The van der Waals surface area contributed by atoms with Crippen LogP contribution in [0.25, 0.3) is 10.7 Å². The van der Waals surface area contributed by atoms with Crippen molar-refractivity contribution in [2.45, 2.75) is 13.2 Å². The second-order valence-electron chi connectivity index (χ2n) is 5.79. The number of benzene rings is 2. The largest absolute Gasteiger partial charge is 0.489 e. The summed E-state index contributed by atoms with van der Waals surface area (Å²) in [6.45, 7) is 0.789. The van der Waals surface area contributed by atoms with E-state index < -0.39 is 0 Å². The van der Waals surface area contributed by atoms with Crippen molar-refractivity contribution < 1.29 is 13.7 Å². The van der Waals surface area contributed by atoms with E-state index in [2.05, 4.69) is 15.5 Å². The van der Waals surface area contributed by atoms with E-state index >= 15 is 0 Å². The van der Waals surface area contributed by atoms with Crippen molar-refractivity contribution in [1.29, 1.82) is 0 Å². The topological polar surface area (TPSA) is 60.2 Å². The number of rotatable bonds is 7. The summed E-state index contributed by atoms with van der Waals surface area (Å²) in [4.78, 5) is 5.35. The minimum absolute atomic E-state index is 0.256. The smallest absolute Gasteiger partial charge is 0.246 e. The molecular weight excluding hydrogens is 365 g/mol. The van der Waals surface area contributed by atoms with Crippen LogP contribution in [-0.2, 0) is 13.2 Å². The fourth-order valence-electron chi connectivity index (χ4n) is 2.45. The predicted octanol–water partition coefficient (Wildman–Crippen LogP) is 5.13. The number of anilines is 1. The van der Waals surface area contributed by atoms with E-state index in [9.17, 15) is 4.39 Å². The lowest BCUT2D eigenvalue weighted by Gasteiger charge is -2.09. The normalized spacial score (nSPS) is 10.7. The third kappa shape index (κ3) is 4.51. The Morgan fingerprint density at radius 1 is 1.07 bits per heavy atom. The Morgan fingerprint density at radius 3 is 2.78 bits per heavy atom. The Kier molecular flexibility index (Phi) is 5.11. The van der Waals surface area contributed by atoms with Crippen LogP contribution < -0.4 is 10.1 Å². The number of nitrogens with one attached hydrogen (secondary N) is 1. The van der Waals surface area contributed by atoms with Crippen LogP contribution in [0.3, 0.4) is 0 Å². The fraction of sp³-hybridized carbons (Fsp3) is 0.100. The number of aromatic nitrogens is 2. The molecule has 2 aromatic carbocycles. The summed E-state index contributed by atoms with van der Waals surface area (Å²) in [6, 6.07) is 17.7. The molecule has 0 aliphatic heterocycles. The van der Waals surface area contributed by atoms with E-state index in [0.29, 0.717) is 30.6 Å². The van der Waals surface area contributed by atoms with Crippen LogP contribution in [0.1, 0.15) is 11.5 Å². The summed E-state index contributed by atoms with van der Waals surface area (Å²) in [5.41, 5.74) is 1.78. The monoisotopic (exact) mass is 381 g/mol. The van der Waals surface area contributed by atoms with Gasteiger partial charge in [0.15, 0.2) is 0 Å². The van der Waals surface area contributed by atoms with Gasteiger partial charge in [0.2, 0.25) is 11.7 Å². The van der Waals surface area contributed by atoms with Gasteiger partial charge < -0.3 is 14.6 Å². The molecule has 0 bridgehead atoms. The summed E-state index contributed by atoms with van der Waals surface area (Å²) in [5.74, 6) is 1.57. The summed E-state index contributed by atoms with van der Waals surface area (Å²) >= 11 is 1.57. The van der Waals surface area contributed by atoms with Gasteiger partial charge in [0.1, 0.15) is 18.2 Å². The molecule has 4 aromatic rings. The summed E-state index contributed by atoms with van der Waals surface area (Å²) in [5, 5.41) is 9.21. The second kappa shape index (κ2) is 8.01. The molecule has 0 aliphatic carbocycles. The molecule has 5 nitrogen and oxygen atoms in total. The standard InChI is InChI=1S/C20H16FN3O2S/c21-15-8-6-14(7-9-15)13-25-17-4-1-3-16(11-17)22-12-19-23-20(24-26-19)18-5-2-10-27-18/h1-11,22H,12-13H2. The van der Waals surface area contributed by atoms with Gasteiger partial charge in [-0.3, -0.25) is 0 Å². The average Bonchev–Trinajstić information content (AvgIpc) is 3.38.